The van der Waals surface area contributed by atoms with Crippen molar-refractivity contribution in [3.05, 3.63) is 17.0 Å². The van der Waals surface area contributed by atoms with Gasteiger partial charge >= 0.3 is 0 Å². The Labute approximate surface area is 79.5 Å². The molecule has 0 saturated carbocycles. The predicted octanol–water partition coefficient (Wildman–Crippen LogP) is 1.83. The number of rotatable bonds is 4. The van der Waals surface area contributed by atoms with Gasteiger partial charge < -0.3 is 9.84 Å². The Morgan fingerprint density at radius 3 is 2.54 bits per heavy atom. The molecule has 0 fully saturated rings. The molecule has 3 heteroatoms. The Morgan fingerprint density at radius 2 is 2.08 bits per heavy atom. The topological polar surface area (TPSA) is 38.1 Å². The Hall–Kier alpha value is -0.830. The van der Waals surface area contributed by atoms with E-state index in [-0.39, 0.29) is 0 Å². The minimum atomic E-state index is 0.542. The molecule has 0 aliphatic rings. The molecule has 0 bridgehead atoms. The minimum Gasteiger partial charge on any atom is -0.361 e. The van der Waals surface area contributed by atoms with Gasteiger partial charge in [-0.25, -0.2) is 0 Å². The molecule has 0 atom stereocenters. The molecule has 1 aromatic heterocycles. The summed E-state index contributed by atoms with van der Waals surface area (Å²) in [5.41, 5.74) is 2.26. The lowest BCUT2D eigenvalue weighted by atomic mass is 10.1. The maximum atomic E-state index is 5.08. The maximum Gasteiger partial charge on any atom is 0.137 e. The van der Waals surface area contributed by atoms with Gasteiger partial charge in [0, 0.05) is 11.6 Å². The van der Waals surface area contributed by atoms with Crippen LogP contribution in [0.4, 0.5) is 0 Å². The first-order valence-electron chi connectivity index (χ1n) is 4.76. The van der Waals surface area contributed by atoms with Crippen LogP contribution in [-0.2, 0) is 6.42 Å². The average Bonchev–Trinajstić information content (AvgIpc) is 2.34. The van der Waals surface area contributed by atoms with Crippen LogP contribution in [0.2, 0.25) is 0 Å². The summed E-state index contributed by atoms with van der Waals surface area (Å²) >= 11 is 0. The smallest absolute Gasteiger partial charge is 0.137 e. The lowest BCUT2D eigenvalue weighted by Gasteiger charge is -2.06. The van der Waals surface area contributed by atoms with Crippen LogP contribution in [-0.4, -0.2) is 17.7 Å². The maximum absolute atomic E-state index is 5.08. The second-order valence-corrected chi connectivity index (χ2v) is 3.66. The number of nitrogens with zero attached hydrogens (tertiary/aromatic N) is 1. The van der Waals surface area contributed by atoms with Gasteiger partial charge in [-0.3, -0.25) is 0 Å². The fourth-order valence-corrected chi connectivity index (χ4v) is 1.34. The van der Waals surface area contributed by atoms with E-state index in [1.54, 1.807) is 0 Å². The highest BCUT2D eigenvalue weighted by molar-refractivity contribution is 5.20. The van der Waals surface area contributed by atoms with Crippen molar-refractivity contribution < 1.29 is 4.52 Å². The van der Waals surface area contributed by atoms with Crippen LogP contribution in [0.1, 0.15) is 30.9 Å². The molecule has 0 spiro atoms. The van der Waals surface area contributed by atoms with Crippen molar-refractivity contribution in [1.82, 2.24) is 10.5 Å². The van der Waals surface area contributed by atoms with E-state index in [2.05, 4.69) is 24.3 Å². The highest BCUT2D eigenvalue weighted by atomic mass is 16.5. The van der Waals surface area contributed by atoms with Gasteiger partial charge in [-0.15, -0.1) is 0 Å². The van der Waals surface area contributed by atoms with Crippen LogP contribution in [0.25, 0.3) is 0 Å². The standard InChI is InChI=1S/C10H18N2O/c1-7(2)11-6-5-10-8(3)12-13-9(10)4/h7,11H,5-6H2,1-4H3. The van der Waals surface area contributed by atoms with Crippen LogP contribution in [0.5, 0.6) is 0 Å². The third-order valence-corrected chi connectivity index (χ3v) is 2.11. The Bertz CT molecular complexity index is 246. The summed E-state index contributed by atoms with van der Waals surface area (Å²) in [4.78, 5) is 0. The molecule has 0 aliphatic heterocycles. The first-order valence-corrected chi connectivity index (χ1v) is 4.76. The third kappa shape index (κ3) is 2.84. The molecule has 1 aromatic rings. The van der Waals surface area contributed by atoms with Crippen molar-refractivity contribution >= 4 is 0 Å². The van der Waals surface area contributed by atoms with Crippen molar-refractivity contribution in [2.45, 2.75) is 40.2 Å². The molecule has 0 aromatic carbocycles. The van der Waals surface area contributed by atoms with E-state index in [9.17, 15) is 0 Å². The fraction of sp³-hybridized carbons (Fsp3) is 0.700. The summed E-state index contributed by atoms with van der Waals surface area (Å²) in [6, 6.07) is 0.542. The van der Waals surface area contributed by atoms with Gasteiger partial charge in [-0.1, -0.05) is 19.0 Å². The first kappa shape index (κ1) is 10.3. The molecule has 74 valence electrons. The van der Waals surface area contributed by atoms with Crippen LogP contribution in [0.15, 0.2) is 4.52 Å². The normalized spacial score (nSPS) is 11.2. The molecule has 0 radical (unpaired) electrons. The molecule has 0 amide bonds. The largest absolute Gasteiger partial charge is 0.361 e. The summed E-state index contributed by atoms with van der Waals surface area (Å²) in [5.74, 6) is 0.947. The van der Waals surface area contributed by atoms with Gasteiger partial charge in [0.1, 0.15) is 5.76 Å². The molecule has 1 heterocycles. The van der Waals surface area contributed by atoms with Crippen LogP contribution >= 0.6 is 0 Å². The van der Waals surface area contributed by atoms with E-state index >= 15 is 0 Å². The fourth-order valence-electron chi connectivity index (χ4n) is 1.34. The molecule has 13 heavy (non-hydrogen) atoms. The van der Waals surface area contributed by atoms with Crippen LogP contribution < -0.4 is 5.32 Å². The van der Waals surface area contributed by atoms with Crippen LogP contribution in [0, 0.1) is 13.8 Å². The Kier molecular flexibility index (Phi) is 3.48. The lowest BCUT2D eigenvalue weighted by Crippen LogP contribution is -2.25. The van der Waals surface area contributed by atoms with Gasteiger partial charge in [0.25, 0.3) is 0 Å². The number of nitrogens with one attached hydrogen (secondary N) is 1. The second-order valence-electron chi connectivity index (χ2n) is 3.66. The van der Waals surface area contributed by atoms with E-state index in [0.29, 0.717) is 6.04 Å². The van der Waals surface area contributed by atoms with E-state index < -0.39 is 0 Å². The summed E-state index contributed by atoms with van der Waals surface area (Å²) < 4.78 is 5.08. The van der Waals surface area contributed by atoms with E-state index in [1.807, 2.05) is 13.8 Å². The highest BCUT2D eigenvalue weighted by Crippen LogP contribution is 2.11. The Balaban J connectivity index is 2.44. The van der Waals surface area contributed by atoms with Crippen molar-refractivity contribution in [3.8, 4) is 0 Å². The molecule has 0 saturated heterocycles. The van der Waals surface area contributed by atoms with Gasteiger partial charge in [0.2, 0.25) is 0 Å². The number of hydrogen-bond donors (Lipinski definition) is 1. The van der Waals surface area contributed by atoms with E-state index in [1.165, 1.54) is 5.56 Å². The number of aryl methyl sites for hydroxylation is 2. The molecule has 1 N–H and O–H groups in total. The molecular weight excluding hydrogens is 164 g/mol. The molecular formula is C10H18N2O. The van der Waals surface area contributed by atoms with Gasteiger partial charge in [0.05, 0.1) is 5.69 Å². The molecule has 0 aliphatic carbocycles. The van der Waals surface area contributed by atoms with Crippen molar-refractivity contribution in [1.29, 1.82) is 0 Å². The van der Waals surface area contributed by atoms with Crippen LogP contribution in [0.3, 0.4) is 0 Å². The molecule has 0 unspecified atom stereocenters. The van der Waals surface area contributed by atoms with Crippen molar-refractivity contribution in [2.75, 3.05) is 6.54 Å². The molecule has 3 nitrogen and oxygen atoms in total. The minimum absolute atomic E-state index is 0.542. The first-order chi connectivity index (χ1) is 6.11. The van der Waals surface area contributed by atoms with Crippen molar-refractivity contribution in [2.24, 2.45) is 0 Å². The van der Waals surface area contributed by atoms with Gasteiger partial charge in [0.15, 0.2) is 0 Å². The molecule has 1 rings (SSSR count). The van der Waals surface area contributed by atoms with E-state index in [4.69, 9.17) is 4.52 Å². The number of aromatic nitrogens is 1. The lowest BCUT2D eigenvalue weighted by molar-refractivity contribution is 0.392. The van der Waals surface area contributed by atoms with Gasteiger partial charge in [-0.2, -0.15) is 0 Å². The summed E-state index contributed by atoms with van der Waals surface area (Å²) in [5, 5.41) is 7.28. The zero-order valence-corrected chi connectivity index (χ0v) is 8.85. The van der Waals surface area contributed by atoms with Gasteiger partial charge in [-0.05, 0) is 26.8 Å². The highest BCUT2D eigenvalue weighted by Gasteiger charge is 2.07. The second kappa shape index (κ2) is 4.42. The summed E-state index contributed by atoms with van der Waals surface area (Å²) in [6.45, 7) is 9.23. The van der Waals surface area contributed by atoms with E-state index in [0.717, 1.165) is 24.4 Å². The monoisotopic (exact) mass is 182 g/mol. The average molecular weight is 182 g/mol. The summed E-state index contributed by atoms with van der Waals surface area (Å²) in [6.07, 6.45) is 0.999. The quantitative estimate of drug-likeness (QED) is 0.772. The zero-order valence-electron chi connectivity index (χ0n) is 8.85. The third-order valence-electron chi connectivity index (χ3n) is 2.11. The SMILES string of the molecule is Cc1noc(C)c1CCNC(C)C. The zero-order chi connectivity index (χ0) is 9.84. The Morgan fingerprint density at radius 1 is 1.38 bits per heavy atom. The number of hydrogen-bond acceptors (Lipinski definition) is 3. The predicted molar refractivity (Wildman–Crippen MR) is 52.8 cm³/mol. The van der Waals surface area contributed by atoms with Crippen molar-refractivity contribution in [3.63, 3.8) is 0 Å². The summed E-state index contributed by atoms with van der Waals surface area (Å²) in [7, 11) is 0.